The molecule has 0 spiro atoms. The maximum atomic E-state index is 12.9. The van der Waals surface area contributed by atoms with E-state index in [1.54, 1.807) is 12.1 Å². The summed E-state index contributed by atoms with van der Waals surface area (Å²) in [5.41, 5.74) is -3.52. The first-order valence-corrected chi connectivity index (χ1v) is 7.35. The van der Waals surface area contributed by atoms with Crippen LogP contribution in [0.25, 0.3) is 0 Å². The van der Waals surface area contributed by atoms with Crippen molar-refractivity contribution in [2.75, 3.05) is 5.32 Å². The molecule has 1 N–H and O–H groups in total. The summed E-state index contributed by atoms with van der Waals surface area (Å²) in [4.78, 5) is 20.2. The van der Waals surface area contributed by atoms with Gasteiger partial charge in [-0.1, -0.05) is 12.1 Å². The number of rotatable bonds is 5. The molecule has 0 saturated heterocycles. The topological polar surface area (TPSA) is 122 Å². The van der Waals surface area contributed by atoms with Crippen molar-refractivity contribution in [1.29, 1.82) is 5.26 Å². The van der Waals surface area contributed by atoms with Crippen LogP contribution in [0.15, 0.2) is 36.4 Å². The number of nitrogens with zero attached hydrogens (tertiary/aromatic N) is 3. The Balaban J connectivity index is 2.58. The van der Waals surface area contributed by atoms with Crippen LogP contribution in [-0.2, 0) is 6.18 Å². The first kappa shape index (κ1) is 19.6. The number of nitro groups is 2. The van der Waals surface area contributed by atoms with Gasteiger partial charge in [-0.2, -0.15) is 18.4 Å². The molecule has 0 aliphatic rings. The summed E-state index contributed by atoms with van der Waals surface area (Å²) in [5, 5.41) is 33.9. The molecule has 0 fully saturated rings. The molecule has 0 saturated carbocycles. The van der Waals surface area contributed by atoms with Crippen molar-refractivity contribution in [2.45, 2.75) is 19.1 Å². The van der Waals surface area contributed by atoms with E-state index in [2.05, 4.69) is 5.32 Å². The Morgan fingerprint density at radius 1 is 1.11 bits per heavy atom. The quantitative estimate of drug-likeness (QED) is 0.599. The van der Waals surface area contributed by atoms with Gasteiger partial charge in [0.15, 0.2) is 5.69 Å². The molecule has 1 atom stereocenters. The highest BCUT2D eigenvalue weighted by Gasteiger charge is 2.38. The molecule has 140 valence electrons. The van der Waals surface area contributed by atoms with Crippen LogP contribution in [0.1, 0.15) is 29.7 Å². The van der Waals surface area contributed by atoms with Gasteiger partial charge in [-0.15, -0.1) is 0 Å². The number of nitriles is 1. The van der Waals surface area contributed by atoms with Crippen LogP contribution in [0.5, 0.6) is 0 Å². The van der Waals surface area contributed by atoms with E-state index in [1.165, 1.54) is 19.1 Å². The van der Waals surface area contributed by atoms with Crippen LogP contribution >= 0.6 is 0 Å². The summed E-state index contributed by atoms with van der Waals surface area (Å²) < 4.78 is 38.8. The highest BCUT2D eigenvalue weighted by Crippen LogP contribution is 2.42. The second kappa shape index (κ2) is 7.28. The number of hydrogen-bond acceptors (Lipinski definition) is 6. The lowest BCUT2D eigenvalue weighted by Crippen LogP contribution is -2.13. The first-order chi connectivity index (χ1) is 12.5. The van der Waals surface area contributed by atoms with Crippen molar-refractivity contribution in [3.63, 3.8) is 0 Å². The standard InChI is InChI=1S/C16H11F3N4O4/c1-9(11-4-2-3-10(5-11)8-20)21-15-13(22(24)25)6-12(16(17,18)19)7-14(15)23(26)27/h2-7,9,21H,1H3. The van der Waals surface area contributed by atoms with E-state index < -0.39 is 44.7 Å². The number of alkyl halides is 3. The largest absolute Gasteiger partial charge is 0.416 e. The SMILES string of the molecule is CC(Nc1c([N+](=O)[O-])cc(C(F)(F)F)cc1[N+](=O)[O-])c1cccc(C#N)c1. The molecule has 11 heteroatoms. The summed E-state index contributed by atoms with van der Waals surface area (Å²) in [6.45, 7) is 1.50. The van der Waals surface area contributed by atoms with E-state index in [4.69, 9.17) is 5.26 Å². The van der Waals surface area contributed by atoms with Gasteiger partial charge >= 0.3 is 6.18 Å². The molecule has 2 aromatic carbocycles. The Bertz CT molecular complexity index is 918. The van der Waals surface area contributed by atoms with Crippen molar-refractivity contribution in [1.82, 2.24) is 0 Å². The van der Waals surface area contributed by atoms with Crippen molar-refractivity contribution >= 4 is 17.1 Å². The lowest BCUT2D eigenvalue weighted by molar-refractivity contribution is -0.392. The Labute approximate surface area is 150 Å². The minimum atomic E-state index is -4.99. The first-order valence-electron chi connectivity index (χ1n) is 7.35. The summed E-state index contributed by atoms with van der Waals surface area (Å²) in [6.07, 6.45) is -4.99. The molecule has 27 heavy (non-hydrogen) atoms. The van der Waals surface area contributed by atoms with Gasteiger partial charge in [0.25, 0.3) is 11.4 Å². The van der Waals surface area contributed by atoms with Crippen molar-refractivity contribution in [2.24, 2.45) is 0 Å². The molecule has 0 aliphatic heterocycles. The van der Waals surface area contributed by atoms with Gasteiger partial charge < -0.3 is 5.32 Å². The molecule has 8 nitrogen and oxygen atoms in total. The summed E-state index contributed by atoms with van der Waals surface area (Å²) >= 11 is 0. The van der Waals surface area contributed by atoms with Crippen LogP contribution in [-0.4, -0.2) is 9.85 Å². The number of hydrogen-bond donors (Lipinski definition) is 1. The lowest BCUT2D eigenvalue weighted by Gasteiger charge is -2.17. The molecule has 0 heterocycles. The monoisotopic (exact) mass is 380 g/mol. The minimum absolute atomic E-state index is 0.244. The second-order valence-electron chi connectivity index (χ2n) is 5.50. The van der Waals surface area contributed by atoms with Gasteiger partial charge in [0.1, 0.15) is 0 Å². The Morgan fingerprint density at radius 2 is 1.67 bits per heavy atom. The molecule has 2 aromatic rings. The zero-order valence-corrected chi connectivity index (χ0v) is 13.6. The van der Waals surface area contributed by atoms with Gasteiger partial charge in [0.05, 0.1) is 27.0 Å². The lowest BCUT2D eigenvalue weighted by atomic mass is 10.0. The number of nitro benzene ring substituents is 2. The molecule has 1 unspecified atom stereocenters. The normalized spacial score (nSPS) is 12.1. The zero-order chi connectivity index (χ0) is 20.4. The fourth-order valence-corrected chi connectivity index (χ4v) is 2.39. The molecule has 2 rings (SSSR count). The maximum absolute atomic E-state index is 12.9. The molecule has 0 bridgehead atoms. The van der Waals surface area contributed by atoms with E-state index in [0.29, 0.717) is 5.56 Å². The van der Waals surface area contributed by atoms with E-state index in [-0.39, 0.29) is 17.7 Å². The molecule has 0 amide bonds. The van der Waals surface area contributed by atoms with Crippen molar-refractivity contribution in [3.05, 3.63) is 73.3 Å². The minimum Gasteiger partial charge on any atom is -0.367 e. The Morgan fingerprint density at radius 3 is 2.11 bits per heavy atom. The maximum Gasteiger partial charge on any atom is 0.416 e. The van der Waals surface area contributed by atoms with Crippen LogP contribution in [0.2, 0.25) is 0 Å². The zero-order valence-electron chi connectivity index (χ0n) is 13.6. The second-order valence-corrected chi connectivity index (χ2v) is 5.50. The summed E-state index contributed by atoms with van der Waals surface area (Å²) in [7, 11) is 0. The van der Waals surface area contributed by atoms with Crippen molar-refractivity contribution < 1.29 is 23.0 Å². The average Bonchev–Trinajstić information content (AvgIpc) is 2.60. The highest BCUT2D eigenvalue weighted by molar-refractivity contribution is 5.75. The van der Waals surface area contributed by atoms with Crippen LogP contribution in [0, 0.1) is 31.6 Å². The summed E-state index contributed by atoms with van der Waals surface area (Å²) in [5.74, 6) is 0. The summed E-state index contributed by atoms with van der Waals surface area (Å²) in [6, 6.07) is 7.71. The Kier molecular flexibility index (Phi) is 5.30. The number of benzene rings is 2. The van der Waals surface area contributed by atoms with Gasteiger partial charge in [0.2, 0.25) is 0 Å². The molecule has 0 aliphatic carbocycles. The third-order valence-corrected chi connectivity index (χ3v) is 3.69. The molecule has 0 aromatic heterocycles. The van der Waals surface area contributed by atoms with Crippen LogP contribution < -0.4 is 5.32 Å². The third kappa shape index (κ3) is 4.30. The molecule has 0 radical (unpaired) electrons. The fraction of sp³-hybridized carbons (Fsp3) is 0.188. The number of halogens is 3. The van der Waals surface area contributed by atoms with E-state index in [1.807, 2.05) is 6.07 Å². The fourth-order valence-electron chi connectivity index (χ4n) is 2.39. The third-order valence-electron chi connectivity index (χ3n) is 3.69. The highest BCUT2D eigenvalue weighted by atomic mass is 19.4. The van der Waals surface area contributed by atoms with E-state index >= 15 is 0 Å². The number of anilines is 1. The van der Waals surface area contributed by atoms with E-state index in [0.717, 1.165) is 0 Å². The van der Waals surface area contributed by atoms with Gasteiger partial charge in [0, 0.05) is 18.2 Å². The molecular formula is C16H11F3N4O4. The van der Waals surface area contributed by atoms with Gasteiger partial charge in [-0.05, 0) is 24.6 Å². The van der Waals surface area contributed by atoms with Crippen LogP contribution in [0.4, 0.5) is 30.2 Å². The predicted molar refractivity (Wildman–Crippen MR) is 87.9 cm³/mol. The predicted octanol–water partition coefficient (Wildman–Crippen LogP) is 4.57. The smallest absolute Gasteiger partial charge is 0.367 e. The van der Waals surface area contributed by atoms with E-state index in [9.17, 15) is 33.4 Å². The Hall–Kier alpha value is -3.68. The molecular weight excluding hydrogens is 369 g/mol. The average molecular weight is 380 g/mol. The van der Waals surface area contributed by atoms with Gasteiger partial charge in [-0.3, -0.25) is 20.2 Å². The number of nitrogens with one attached hydrogen (secondary N) is 1. The van der Waals surface area contributed by atoms with Gasteiger partial charge in [-0.25, -0.2) is 0 Å². The van der Waals surface area contributed by atoms with Crippen LogP contribution in [0.3, 0.4) is 0 Å². The van der Waals surface area contributed by atoms with Crippen molar-refractivity contribution in [3.8, 4) is 6.07 Å².